The van der Waals surface area contributed by atoms with Crippen molar-refractivity contribution in [2.45, 2.75) is 0 Å². The number of para-hydroxylation sites is 5. The summed E-state index contributed by atoms with van der Waals surface area (Å²) in [5, 5.41) is 3.53. The van der Waals surface area contributed by atoms with E-state index in [4.69, 9.17) is 35.0 Å². The number of benzene rings is 13. The molecule has 0 amide bonds. The van der Waals surface area contributed by atoms with Crippen LogP contribution in [0.15, 0.2) is 321 Å². The molecule has 440 valence electrons. The second-order valence-electron chi connectivity index (χ2n) is 21.6. The van der Waals surface area contributed by atoms with E-state index in [0.29, 0.717) is 61.7 Å². The minimum Gasteiger partial charge on any atom is -0.509 e. The van der Waals surface area contributed by atoms with E-state index < -0.39 is 78.6 Å². The molecule has 0 unspecified atom stereocenters. The minimum absolute atomic E-state index is 0. The summed E-state index contributed by atoms with van der Waals surface area (Å²) in [5.74, 6) is 1.92. The van der Waals surface area contributed by atoms with Crippen LogP contribution in [0.4, 0.5) is 22.7 Å². The van der Waals surface area contributed by atoms with Crippen LogP contribution < -0.4 is 19.3 Å². The molecule has 16 aromatic rings. The average molecular weight is 1380 g/mol. The number of pyridine rings is 1. The maximum absolute atomic E-state index is 9.17. The van der Waals surface area contributed by atoms with Gasteiger partial charge in [0.25, 0.3) is 0 Å². The fourth-order valence-corrected chi connectivity index (χ4v) is 12.4. The van der Waals surface area contributed by atoms with Gasteiger partial charge in [-0.15, -0.1) is 48.1 Å². The molecular formula is C84H54N5O2Pt-3. The molecule has 1 aliphatic rings. The number of aromatic nitrogens is 3. The van der Waals surface area contributed by atoms with Crippen LogP contribution in [0.3, 0.4) is 0 Å². The third-order valence-corrected chi connectivity index (χ3v) is 16.4. The molecule has 0 saturated carbocycles. The Hall–Kier alpha value is -11.5. The molecule has 0 N–H and O–H groups in total. The molecule has 0 fully saturated rings. The van der Waals surface area contributed by atoms with Crippen LogP contribution in [0.25, 0.3) is 111 Å². The van der Waals surface area contributed by atoms with Crippen LogP contribution >= 0.6 is 0 Å². The summed E-state index contributed by atoms with van der Waals surface area (Å²) in [7, 11) is 0. The van der Waals surface area contributed by atoms with Gasteiger partial charge in [-0.3, -0.25) is 0 Å². The molecule has 17 rings (SSSR count). The summed E-state index contributed by atoms with van der Waals surface area (Å²) in [4.78, 5) is 8.52. The standard InChI is InChI=1S/C84H54N5O2.Pt/c1-6-24-57(25-7-1)62-44-47-78-75(50-62)72-46-45-66(90-65-35-22-34-63(51-65)86-56-87(80-43-21-20-42-79(80)86)83-68(58-26-8-2-9-27-58)38-23-39-69(83)59-28-10-3-11-29-59)54-81(72)89(78)82-55-67(48-49-85-82)91-84-73(60-30-12-4-13-31-60)52-64(53-74(84)61-32-14-5-15-33-61)88-76-40-18-16-36-70(76)71-37-17-19-41-77(71)88;/h1-50,52-53,55-56H;/q-3;/i1D,2D,3D,6D,7D,8D,9D,10D,11D,24D,25D,26D,27D,28D,29D;. The Morgan fingerprint density at radius 1 is 0.380 bits per heavy atom. The Morgan fingerprint density at radius 3 is 1.58 bits per heavy atom. The topological polar surface area (TPSA) is 47.7 Å². The monoisotopic (exact) mass is 1370 g/mol. The second kappa shape index (κ2) is 23.8. The van der Waals surface area contributed by atoms with Crippen molar-refractivity contribution in [1.82, 2.24) is 14.1 Å². The van der Waals surface area contributed by atoms with E-state index >= 15 is 0 Å². The van der Waals surface area contributed by atoms with Crippen molar-refractivity contribution in [2.75, 3.05) is 9.80 Å². The molecule has 1 aliphatic heterocycles. The molecule has 0 spiro atoms. The van der Waals surface area contributed by atoms with Crippen molar-refractivity contribution in [3.05, 3.63) is 340 Å². The largest absolute Gasteiger partial charge is 0.509 e. The van der Waals surface area contributed by atoms with E-state index in [0.717, 1.165) is 49.7 Å². The zero-order chi connectivity index (χ0) is 73.2. The summed E-state index contributed by atoms with van der Waals surface area (Å²) in [5.41, 5.74) is 9.63. The maximum Gasteiger partial charge on any atom is 0.143 e. The first-order chi connectivity index (χ1) is 51.3. The molecule has 4 heterocycles. The van der Waals surface area contributed by atoms with Gasteiger partial charge >= 0.3 is 0 Å². The third-order valence-electron chi connectivity index (χ3n) is 16.4. The molecule has 3 aromatic heterocycles. The Morgan fingerprint density at radius 2 is 0.935 bits per heavy atom. The van der Waals surface area contributed by atoms with E-state index in [1.165, 1.54) is 0 Å². The van der Waals surface area contributed by atoms with Crippen molar-refractivity contribution >= 4 is 66.4 Å². The number of ether oxygens (including phenoxy) is 2. The normalized spacial score (nSPS) is 14.2. The quantitative estimate of drug-likeness (QED) is 0.108. The molecule has 13 aromatic carbocycles. The number of rotatable bonds is 13. The predicted octanol–water partition coefficient (Wildman–Crippen LogP) is 22.2. The van der Waals surface area contributed by atoms with Gasteiger partial charge in [-0.25, -0.2) is 4.98 Å². The van der Waals surface area contributed by atoms with Crippen LogP contribution in [0, 0.1) is 18.8 Å². The van der Waals surface area contributed by atoms with Gasteiger partial charge in [-0.05, 0) is 87.3 Å². The number of hydrogen-bond acceptors (Lipinski definition) is 5. The number of hydrogen-bond donors (Lipinski definition) is 0. The Kier molecular flexibility index (Phi) is 10.8. The van der Waals surface area contributed by atoms with Gasteiger partial charge in [0.15, 0.2) is 0 Å². The van der Waals surface area contributed by atoms with Crippen LogP contribution in [0.1, 0.15) is 20.6 Å². The van der Waals surface area contributed by atoms with Crippen LogP contribution in [0.5, 0.6) is 23.0 Å². The van der Waals surface area contributed by atoms with Gasteiger partial charge in [0, 0.05) is 106 Å². The molecule has 0 radical (unpaired) electrons. The van der Waals surface area contributed by atoms with Gasteiger partial charge in [-0.2, -0.15) is 12.1 Å². The Labute approximate surface area is 568 Å². The minimum atomic E-state index is -0.605. The fourth-order valence-electron chi connectivity index (χ4n) is 12.4. The predicted molar refractivity (Wildman–Crippen MR) is 372 cm³/mol. The van der Waals surface area contributed by atoms with Crippen molar-refractivity contribution in [3.8, 4) is 90.1 Å². The first-order valence-corrected chi connectivity index (χ1v) is 29.3. The second-order valence-corrected chi connectivity index (χ2v) is 21.6. The van der Waals surface area contributed by atoms with Crippen molar-refractivity contribution in [3.63, 3.8) is 0 Å². The summed E-state index contributed by atoms with van der Waals surface area (Å²) in [6, 6.07) is 70.4. The first-order valence-electron chi connectivity index (χ1n) is 36.8. The van der Waals surface area contributed by atoms with Gasteiger partial charge < -0.3 is 28.4 Å². The number of nitrogens with zero attached hydrogens (tertiary/aromatic N) is 5. The summed E-state index contributed by atoms with van der Waals surface area (Å²) in [6.45, 7) is 1.69. The molecule has 0 atom stereocenters. The average Bonchev–Trinajstić information content (AvgIpc) is 1.71. The van der Waals surface area contributed by atoms with E-state index in [9.17, 15) is 0 Å². The maximum atomic E-state index is 9.17. The van der Waals surface area contributed by atoms with Gasteiger partial charge in [-0.1, -0.05) is 236 Å². The van der Waals surface area contributed by atoms with E-state index in [1.807, 2.05) is 71.3 Å². The van der Waals surface area contributed by atoms with Gasteiger partial charge in [0.05, 0.1) is 31.6 Å². The van der Waals surface area contributed by atoms with Crippen LogP contribution in [0.2, 0.25) is 0 Å². The third kappa shape index (κ3) is 9.97. The molecule has 0 aliphatic carbocycles. The van der Waals surface area contributed by atoms with Crippen molar-refractivity contribution in [1.29, 1.82) is 0 Å². The Balaban J connectivity index is 0.00000876. The van der Waals surface area contributed by atoms with Crippen molar-refractivity contribution in [2.24, 2.45) is 0 Å². The van der Waals surface area contributed by atoms with E-state index in [-0.39, 0.29) is 78.2 Å². The molecule has 7 nitrogen and oxygen atoms in total. The first kappa shape index (κ1) is 41.7. The SMILES string of the molecule is [2H]c1c([2H])c([2H])c(-c2ccc3c(c2)c2ccc(Oc4[c-]c(N5[CH-]N(c6c(-c7c([2H])c([2H])c([2H])c([2H])c7[2H])cccc6-c6c([2H])c([2H])c([2H])c([2H])c6[2H])c6ccccc65)ccc4)[c-]c2n3-c2cc(Oc3c(-c4ccccc4)cc(-n4c5ccccc5c5ccccc54)cc3-c3ccccc3)ccn2)c([2H])c1[2H].[Pt]. The van der Waals surface area contributed by atoms with E-state index in [2.05, 4.69) is 102 Å². The zero-order valence-corrected chi connectivity index (χ0v) is 50.7. The molecule has 8 heteroatoms. The summed E-state index contributed by atoms with van der Waals surface area (Å²) < 4.78 is 150. The smallest absolute Gasteiger partial charge is 0.143 e. The van der Waals surface area contributed by atoms with Crippen LogP contribution in [-0.4, -0.2) is 14.1 Å². The number of fused-ring (bicyclic) bond motifs is 7. The molecule has 0 bridgehead atoms. The molecule has 92 heavy (non-hydrogen) atoms. The molecular weight excluding hydrogens is 1310 g/mol. The van der Waals surface area contributed by atoms with Gasteiger partial charge in [0.2, 0.25) is 0 Å². The summed E-state index contributed by atoms with van der Waals surface area (Å²) >= 11 is 0. The Bertz CT molecular complexity index is 6090. The van der Waals surface area contributed by atoms with Crippen molar-refractivity contribution < 1.29 is 51.1 Å². The number of anilines is 4. The summed E-state index contributed by atoms with van der Waals surface area (Å²) in [6.07, 6.45) is 1.67. The fraction of sp³-hybridized carbons (Fsp3) is 0. The van der Waals surface area contributed by atoms with Crippen LogP contribution in [-0.2, 0) is 21.1 Å². The van der Waals surface area contributed by atoms with E-state index in [1.54, 1.807) is 95.5 Å². The van der Waals surface area contributed by atoms with Gasteiger partial charge in [0.1, 0.15) is 17.3 Å². The molecule has 0 saturated heterocycles. The zero-order valence-electron chi connectivity index (χ0n) is 63.4.